The average Bonchev–Trinajstić information content (AvgIpc) is 3.10. The van der Waals surface area contributed by atoms with Crippen molar-refractivity contribution in [3.63, 3.8) is 0 Å². The van der Waals surface area contributed by atoms with Gasteiger partial charge in [-0.2, -0.15) is 10.4 Å². The minimum atomic E-state index is -0.107. The van der Waals surface area contributed by atoms with E-state index in [9.17, 15) is 4.79 Å². The summed E-state index contributed by atoms with van der Waals surface area (Å²) < 4.78 is 1.78. The highest BCUT2D eigenvalue weighted by Gasteiger charge is 2.11. The van der Waals surface area contributed by atoms with E-state index in [1.807, 2.05) is 49.5 Å². The van der Waals surface area contributed by atoms with E-state index in [-0.39, 0.29) is 11.9 Å². The SMILES string of the molecule is C[C@@H](Cn1ccc(-c2ccc(C#N)c(Cl)c2)n1)NC(=O)c1ccccc1. The van der Waals surface area contributed by atoms with E-state index in [2.05, 4.69) is 10.4 Å². The normalized spacial score (nSPS) is 11.6. The first-order chi connectivity index (χ1) is 12.6. The van der Waals surface area contributed by atoms with Gasteiger partial charge in [0.15, 0.2) is 0 Å². The number of hydrogen-bond donors (Lipinski definition) is 1. The van der Waals surface area contributed by atoms with E-state index in [0.717, 1.165) is 11.3 Å². The third kappa shape index (κ3) is 4.11. The van der Waals surface area contributed by atoms with Gasteiger partial charge in [0.25, 0.3) is 5.91 Å². The van der Waals surface area contributed by atoms with Gasteiger partial charge in [0.1, 0.15) is 6.07 Å². The smallest absolute Gasteiger partial charge is 0.251 e. The quantitative estimate of drug-likeness (QED) is 0.746. The largest absolute Gasteiger partial charge is 0.348 e. The van der Waals surface area contributed by atoms with Crippen LogP contribution in [0.2, 0.25) is 5.02 Å². The highest BCUT2D eigenvalue weighted by atomic mass is 35.5. The van der Waals surface area contributed by atoms with Gasteiger partial charge in [0.2, 0.25) is 0 Å². The highest BCUT2D eigenvalue weighted by molar-refractivity contribution is 6.32. The van der Waals surface area contributed by atoms with E-state index in [0.29, 0.717) is 22.7 Å². The number of benzene rings is 2. The number of nitrogens with zero attached hydrogens (tertiary/aromatic N) is 3. The number of nitriles is 1. The lowest BCUT2D eigenvalue weighted by Crippen LogP contribution is -2.35. The lowest BCUT2D eigenvalue weighted by molar-refractivity contribution is 0.0936. The Hall–Kier alpha value is -3.10. The molecule has 5 nitrogen and oxygen atoms in total. The van der Waals surface area contributed by atoms with Crippen molar-refractivity contribution in [3.8, 4) is 17.3 Å². The van der Waals surface area contributed by atoms with Crippen LogP contribution in [0.4, 0.5) is 0 Å². The maximum Gasteiger partial charge on any atom is 0.251 e. The van der Waals surface area contributed by atoms with Crippen LogP contribution in [0.15, 0.2) is 60.8 Å². The third-order valence-electron chi connectivity index (χ3n) is 3.90. The molecule has 2 aromatic carbocycles. The molecule has 0 saturated heterocycles. The molecule has 0 spiro atoms. The maximum atomic E-state index is 12.2. The van der Waals surface area contributed by atoms with Gasteiger partial charge in [-0.15, -0.1) is 0 Å². The molecule has 3 rings (SSSR count). The van der Waals surface area contributed by atoms with Crippen LogP contribution < -0.4 is 5.32 Å². The predicted octanol–water partition coefficient (Wildman–Crippen LogP) is 3.89. The summed E-state index contributed by atoms with van der Waals surface area (Å²) >= 11 is 6.08. The van der Waals surface area contributed by atoms with E-state index in [1.165, 1.54) is 0 Å². The molecule has 0 bridgehead atoms. The Morgan fingerprint density at radius 2 is 2.04 bits per heavy atom. The average molecular weight is 365 g/mol. The van der Waals surface area contributed by atoms with Crippen molar-refractivity contribution < 1.29 is 4.79 Å². The van der Waals surface area contributed by atoms with E-state index in [1.54, 1.807) is 28.9 Å². The van der Waals surface area contributed by atoms with Gasteiger partial charge in [-0.1, -0.05) is 35.9 Å². The van der Waals surface area contributed by atoms with Crippen molar-refractivity contribution in [2.75, 3.05) is 0 Å². The fraction of sp³-hybridized carbons (Fsp3) is 0.150. The summed E-state index contributed by atoms with van der Waals surface area (Å²) in [6, 6.07) is 18.2. The summed E-state index contributed by atoms with van der Waals surface area (Å²) in [6.45, 7) is 2.48. The molecule has 0 radical (unpaired) electrons. The van der Waals surface area contributed by atoms with E-state index < -0.39 is 0 Å². The molecule has 1 N–H and O–H groups in total. The number of amides is 1. The third-order valence-corrected chi connectivity index (χ3v) is 4.21. The number of hydrogen-bond acceptors (Lipinski definition) is 3. The Balaban J connectivity index is 1.66. The summed E-state index contributed by atoms with van der Waals surface area (Å²) in [4.78, 5) is 12.2. The van der Waals surface area contributed by atoms with Crippen molar-refractivity contribution >= 4 is 17.5 Å². The molecule has 26 heavy (non-hydrogen) atoms. The number of carbonyl (C=O) groups is 1. The Morgan fingerprint density at radius 3 is 2.73 bits per heavy atom. The molecule has 1 atom stereocenters. The second-order valence-corrected chi connectivity index (χ2v) is 6.38. The molecule has 1 aromatic heterocycles. The van der Waals surface area contributed by atoms with Crippen LogP contribution in [0, 0.1) is 11.3 Å². The molecule has 130 valence electrons. The van der Waals surface area contributed by atoms with Crippen LogP contribution in [-0.2, 0) is 6.54 Å². The molecule has 0 aliphatic heterocycles. The first-order valence-electron chi connectivity index (χ1n) is 8.16. The van der Waals surface area contributed by atoms with Gasteiger partial charge in [0, 0.05) is 23.4 Å². The Morgan fingerprint density at radius 1 is 1.27 bits per heavy atom. The van der Waals surface area contributed by atoms with Crippen LogP contribution in [0.1, 0.15) is 22.8 Å². The molecular weight excluding hydrogens is 348 g/mol. The molecule has 0 aliphatic carbocycles. The zero-order valence-corrected chi connectivity index (χ0v) is 14.9. The summed E-state index contributed by atoms with van der Waals surface area (Å²) in [5.41, 5.74) is 2.67. The van der Waals surface area contributed by atoms with Crippen molar-refractivity contribution in [2.45, 2.75) is 19.5 Å². The van der Waals surface area contributed by atoms with Crippen LogP contribution >= 0.6 is 11.6 Å². The van der Waals surface area contributed by atoms with Crippen LogP contribution in [-0.4, -0.2) is 21.7 Å². The van der Waals surface area contributed by atoms with E-state index in [4.69, 9.17) is 16.9 Å². The molecule has 0 fully saturated rings. The molecule has 6 heteroatoms. The zero-order valence-electron chi connectivity index (χ0n) is 14.2. The summed E-state index contributed by atoms with van der Waals surface area (Å²) in [5.74, 6) is -0.107. The van der Waals surface area contributed by atoms with Crippen LogP contribution in [0.5, 0.6) is 0 Å². The molecule has 0 unspecified atom stereocenters. The highest BCUT2D eigenvalue weighted by Crippen LogP contribution is 2.24. The fourth-order valence-electron chi connectivity index (χ4n) is 2.61. The number of aromatic nitrogens is 2. The molecule has 0 aliphatic rings. The van der Waals surface area contributed by atoms with Crippen molar-refractivity contribution in [3.05, 3.63) is 76.9 Å². The van der Waals surface area contributed by atoms with Crippen LogP contribution in [0.3, 0.4) is 0 Å². The van der Waals surface area contributed by atoms with Crippen molar-refractivity contribution in [1.29, 1.82) is 5.26 Å². The minimum absolute atomic E-state index is 0.0833. The van der Waals surface area contributed by atoms with Gasteiger partial charge in [-0.25, -0.2) is 0 Å². The van der Waals surface area contributed by atoms with Crippen LogP contribution in [0.25, 0.3) is 11.3 Å². The molecule has 0 saturated carbocycles. The van der Waals surface area contributed by atoms with Gasteiger partial charge in [-0.05, 0) is 37.3 Å². The number of rotatable bonds is 5. The minimum Gasteiger partial charge on any atom is -0.348 e. The van der Waals surface area contributed by atoms with Gasteiger partial charge in [0.05, 0.1) is 22.8 Å². The molecule has 1 heterocycles. The Labute approximate surface area is 156 Å². The maximum absolute atomic E-state index is 12.2. The predicted molar refractivity (Wildman–Crippen MR) is 101 cm³/mol. The second-order valence-electron chi connectivity index (χ2n) is 5.97. The Kier molecular flexibility index (Phi) is 5.35. The first-order valence-corrected chi connectivity index (χ1v) is 8.54. The number of halogens is 1. The first kappa shape index (κ1) is 17.7. The van der Waals surface area contributed by atoms with Gasteiger partial charge in [-0.3, -0.25) is 9.48 Å². The van der Waals surface area contributed by atoms with Crippen molar-refractivity contribution in [2.24, 2.45) is 0 Å². The molecular formula is C20H17ClN4O. The fourth-order valence-corrected chi connectivity index (χ4v) is 2.83. The standard InChI is InChI=1S/C20H17ClN4O/c1-14(23-20(26)15-5-3-2-4-6-15)13-25-10-9-19(24-25)16-7-8-17(12-22)18(21)11-16/h2-11,14H,13H2,1H3,(H,23,26)/t14-/m0/s1. The van der Waals surface area contributed by atoms with Gasteiger partial charge >= 0.3 is 0 Å². The zero-order chi connectivity index (χ0) is 18.5. The topological polar surface area (TPSA) is 70.7 Å². The molecule has 3 aromatic rings. The molecule has 1 amide bonds. The summed E-state index contributed by atoms with van der Waals surface area (Å²) in [5, 5.41) is 16.8. The lowest BCUT2D eigenvalue weighted by atomic mass is 10.1. The van der Waals surface area contributed by atoms with Crippen molar-refractivity contribution in [1.82, 2.24) is 15.1 Å². The summed E-state index contributed by atoms with van der Waals surface area (Å²) in [7, 11) is 0. The van der Waals surface area contributed by atoms with E-state index >= 15 is 0 Å². The monoisotopic (exact) mass is 364 g/mol. The lowest BCUT2D eigenvalue weighted by Gasteiger charge is -2.14. The summed E-state index contributed by atoms with van der Waals surface area (Å²) in [6.07, 6.45) is 1.85. The van der Waals surface area contributed by atoms with Gasteiger partial charge < -0.3 is 5.32 Å². The second kappa shape index (κ2) is 7.85. The number of nitrogens with one attached hydrogen (secondary N) is 1. The Bertz CT molecular complexity index is 959. The number of carbonyl (C=O) groups excluding carboxylic acids is 1.